The standard InChI is InChI=1S/C12H26N2O2/c1-4-15-11(16-5-2)6-8-14-12(3)7-9-13-10-12/h11,13-14H,4-10H2,1-3H3. The molecule has 1 atom stereocenters. The van der Waals surface area contributed by atoms with Crippen LogP contribution in [0.25, 0.3) is 0 Å². The van der Waals surface area contributed by atoms with Crippen molar-refractivity contribution in [1.82, 2.24) is 10.6 Å². The van der Waals surface area contributed by atoms with E-state index >= 15 is 0 Å². The lowest BCUT2D eigenvalue weighted by molar-refractivity contribution is -0.139. The summed E-state index contributed by atoms with van der Waals surface area (Å²) < 4.78 is 11.0. The van der Waals surface area contributed by atoms with Gasteiger partial charge in [-0.3, -0.25) is 0 Å². The largest absolute Gasteiger partial charge is 0.353 e. The predicted molar refractivity (Wildman–Crippen MR) is 65.6 cm³/mol. The number of hydrogen-bond donors (Lipinski definition) is 2. The molecule has 0 saturated carbocycles. The second-order valence-electron chi connectivity index (χ2n) is 4.54. The maximum Gasteiger partial charge on any atom is 0.158 e. The molecule has 96 valence electrons. The SMILES string of the molecule is CCOC(CCNC1(C)CCNC1)OCC. The van der Waals surface area contributed by atoms with Crippen molar-refractivity contribution >= 4 is 0 Å². The first kappa shape index (κ1) is 13.9. The van der Waals surface area contributed by atoms with Gasteiger partial charge in [-0.05, 0) is 33.7 Å². The van der Waals surface area contributed by atoms with Crippen LogP contribution >= 0.6 is 0 Å². The third kappa shape index (κ3) is 4.78. The first-order chi connectivity index (χ1) is 7.70. The Hall–Kier alpha value is -0.160. The van der Waals surface area contributed by atoms with E-state index in [1.54, 1.807) is 0 Å². The van der Waals surface area contributed by atoms with E-state index in [4.69, 9.17) is 9.47 Å². The average Bonchev–Trinajstić information content (AvgIpc) is 2.66. The summed E-state index contributed by atoms with van der Waals surface area (Å²) >= 11 is 0. The van der Waals surface area contributed by atoms with E-state index in [1.165, 1.54) is 6.42 Å². The molecule has 4 heteroatoms. The van der Waals surface area contributed by atoms with Crippen LogP contribution in [0.4, 0.5) is 0 Å². The van der Waals surface area contributed by atoms with E-state index in [0.717, 1.165) is 26.1 Å². The number of nitrogens with one attached hydrogen (secondary N) is 2. The molecule has 1 rings (SSSR count). The Labute approximate surface area is 99.1 Å². The van der Waals surface area contributed by atoms with Crippen molar-refractivity contribution in [2.75, 3.05) is 32.8 Å². The lowest BCUT2D eigenvalue weighted by atomic mass is 10.0. The van der Waals surface area contributed by atoms with Crippen LogP contribution in [0.1, 0.15) is 33.6 Å². The fraction of sp³-hybridized carbons (Fsp3) is 1.00. The number of hydrogen-bond acceptors (Lipinski definition) is 4. The highest BCUT2D eigenvalue weighted by atomic mass is 16.7. The quantitative estimate of drug-likeness (QED) is 0.613. The fourth-order valence-electron chi connectivity index (χ4n) is 2.05. The fourth-order valence-corrected chi connectivity index (χ4v) is 2.05. The molecule has 1 aliphatic rings. The Balaban J connectivity index is 2.16. The Morgan fingerprint density at radius 2 is 2.00 bits per heavy atom. The van der Waals surface area contributed by atoms with Crippen LogP contribution in [0.3, 0.4) is 0 Å². The lowest BCUT2D eigenvalue weighted by Crippen LogP contribution is -2.45. The first-order valence-corrected chi connectivity index (χ1v) is 6.39. The van der Waals surface area contributed by atoms with E-state index < -0.39 is 0 Å². The van der Waals surface area contributed by atoms with Gasteiger partial charge in [0.05, 0.1) is 0 Å². The highest BCUT2D eigenvalue weighted by Crippen LogP contribution is 2.13. The number of ether oxygens (including phenoxy) is 2. The summed E-state index contributed by atoms with van der Waals surface area (Å²) in [5.41, 5.74) is 0.253. The molecule has 0 radical (unpaired) electrons. The maximum atomic E-state index is 5.50. The van der Waals surface area contributed by atoms with E-state index in [2.05, 4.69) is 17.6 Å². The molecule has 1 unspecified atom stereocenters. The van der Waals surface area contributed by atoms with Gasteiger partial charge < -0.3 is 20.1 Å². The smallest absolute Gasteiger partial charge is 0.158 e. The molecule has 2 N–H and O–H groups in total. The molecule has 1 fully saturated rings. The van der Waals surface area contributed by atoms with Gasteiger partial charge in [-0.25, -0.2) is 0 Å². The summed E-state index contributed by atoms with van der Waals surface area (Å²) in [6, 6.07) is 0. The van der Waals surface area contributed by atoms with Gasteiger partial charge in [-0.15, -0.1) is 0 Å². The summed E-state index contributed by atoms with van der Waals surface area (Å²) in [5, 5.41) is 6.96. The Morgan fingerprint density at radius 3 is 2.50 bits per heavy atom. The van der Waals surface area contributed by atoms with Crippen molar-refractivity contribution in [3.8, 4) is 0 Å². The molecular formula is C12H26N2O2. The van der Waals surface area contributed by atoms with E-state index in [9.17, 15) is 0 Å². The summed E-state index contributed by atoms with van der Waals surface area (Å²) in [6.45, 7) is 10.8. The van der Waals surface area contributed by atoms with Gasteiger partial charge in [0.2, 0.25) is 0 Å². The minimum absolute atomic E-state index is 0.0551. The van der Waals surface area contributed by atoms with Crippen LogP contribution < -0.4 is 10.6 Å². The van der Waals surface area contributed by atoms with Crippen molar-refractivity contribution in [1.29, 1.82) is 0 Å². The normalized spacial score (nSPS) is 25.5. The highest BCUT2D eigenvalue weighted by molar-refractivity contribution is 4.91. The molecule has 0 aliphatic carbocycles. The van der Waals surface area contributed by atoms with E-state index in [-0.39, 0.29) is 11.8 Å². The van der Waals surface area contributed by atoms with Crippen molar-refractivity contribution in [3.05, 3.63) is 0 Å². The Morgan fingerprint density at radius 1 is 1.31 bits per heavy atom. The van der Waals surface area contributed by atoms with E-state index in [0.29, 0.717) is 13.2 Å². The van der Waals surface area contributed by atoms with Gasteiger partial charge >= 0.3 is 0 Å². The monoisotopic (exact) mass is 230 g/mol. The highest BCUT2D eigenvalue weighted by Gasteiger charge is 2.27. The Kier molecular flexibility index (Phi) is 6.28. The number of rotatable bonds is 8. The van der Waals surface area contributed by atoms with Crippen LogP contribution in [0.5, 0.6) is 0 Å². The molecule has 1 saturated heterocycles. The van der Waals surface area contributed by atoms with Crippen LogP contribution in [0.2, 0.25) is 0 Å². The van der Waals surface area contributed by atoms with Crippen LogP contribution in [0, 0.1) is 0 Å². The average molecular weight is 230 g/mol. The zero-order valence-electron chi connectivity index (χ0n) is 10.8. The Bertz CT molecular complexity index is 176. The summed E-state index contributed by atoms with van der Waals surface area (Å²) in [7, 11) is 0. The molecule has 0 aromatic carbocycles. The van der Waals surface area contributed by atoms with Crippen LogP contribution in [-0.4, -0.2) is 44.7 Å². The van der Waals surface area contributed by atoms with Gasteiger partial charge in [-0.2, -0.15) is 0 Å². The molecule has 1 heterocycles. The third-order valence-electron chi connectivity index (χ3n) is 3.01. The molecule has 0 aromatic heterocycles. The summed E-state index contributed by atoms with van der Waals surface area (Å²) in [5.74, 6) is 0. The first-order valence-electron chi connectivity index (χ1n) is 6.39. The van der Waals surface area contributed by atoms with Crippen LogP contribution in [0.15, 0.2) is 0 Å². The van der Waals surface area contributed by atoms with Gasteiger partial charge in [0, 0.05) is 38.3 Å². The van der Waals surface area contributed by atoms with Crippen molar-refractivity contribution in [2.24, 2.45) is 0 Å². The van der Waals surface area contributed by atoms with Gasteiger partial charge in [-0.1, -0.05) is 0 Å². The second-order valence-corrected chi connectivity index (χ2v) is 4.54. The minimum Gasteiger partial charge on any atom is -0.353 e. The lowest BCUT2D eigenvalue weighted by Gasteiger charge is -2.26. The maximum absolute atomic E-state index is 5.50. The van der Waals surface area contributed by atoms with Gasteiger partial charge in [0.25, 0.3) is 0 Å². The molecule has 0 amide bonds. The molecule has 1 aliphatic heterocycles. The summed E-state index contributed by atoms with van der Waals surface area (Å²) in [4.78, 5) is 0. The van der Waals surface area contributed by atoms with Gasteiger partial charge in [0.15, 0.2) is 6.29 Å². The minimum atomic E-state index is -0.0551. The predicted octanol–water partition coefficient (Wildman–Crippen LogP) is 1.12. The second kappa shape index (κ2) is 7.22. The molecule has 4 nitrogen and oxygen atoms in total. The van der Waals surface area contributed by atoms with Crippen LogP contribution in [-0.2, 0) is 9.47 Å². The topological polar surface area (TPSA) is 42.5 Å². The zero-order valence-corrected chi connectivity index (χ0v) is 10.8. The zero-order chi connectivity index (χ0) is 11.9. The molecule has 0 spiro atoms. The molecular weight excluding hydrogens is 204 g/mol. The van der Waals surface area contributed by atoms with E-state index in [1.807, 2.05) is 13.8 Å². The van der Waals surface area contributed by atoms with Crippen molar-refractivity contribution in [2.45, 2.75) is 45.4 Å². The van der Waals surface area contributed by atoms with Crippen molar-refractivity contribution < 1.29 is 9.47 Å². The van der Waals surface area contributed by atoms with Crippen molar-refractivity contribution in [3.63, 3.8) is 0 Å². The molecule has 16 heavy (non-hydrogen) atoms. The molecule has 0 bridgehead atoms. The summed E-state index contributed by atoms with van der Waals surface area (Å²) in [6.07, 6.45) is 2.05. The third-order valence-corrected chi connectivity index (χ3v) is 3.01. The molecule has 0 aromatic rings. The van der Waals surface area contributed by atoms with Gasteiger partial charge in [0.1, 0.15) is 0 Å².